The molecule has 0 amide bonds. The molecule has 0 radical (unpaired) electrons. The highest BCUT2D eigenvalue weighted by atomic mass is 28.2. The van der Waals surface area contributed by atoms with Crippen LogP contribution in [0, 0.1) is 6.92 Å². The normalized spacial score (nSPS) is 10.1. The molecule has 0 aliphatic rings. The van der Waals surface area contributed by atoms with E-state index in [0.717, 1.165) is 22.7 Å². The van der Waals surface area contributed by atoms with E-state index in [1.165, 1.54) is 11.1 Å². The second-order valence-electron chi connectivity index (χ2n) is 2.82. The predicted molar refractivity (Wildman–Crippen MR) is 56.0 cm³/mol. The van der Waals surface area contributed by atoms with Crippen LogP contribution in [0.2, 0.25) is 0 Å². The minimum Gasteiger partial charge on any atom is -0.424 e. The molecule has 0 fully saturated rings. The van der Waals surface area contributed by atoms with Crippen molar-refractivity contribution in [2.24, 2.45) is 0 Å². The summed E-state index contributed by atoms with van der Waals surface area (Å²) in [5.74, 6) is 0. The van der Waals surface area contributed by atoms with Crippen molar-refractivity contribution in [1.29, 1.82) is 0 Å². The number of rotatable bonds is 3. The molecule has 64 valence electrons. The molecule has 0 heterocycles. The second kappa shape index (κ2) is 4.23. The van der Waals surface area contributed by atoms with Gasteiger partial charge in [0.1, 0.15) is 10.5 Å². The average Bonchev–Trinajstić information content (AvgIpc) is 2.09. The van der Waals surface area contributed by atoms with Crippen molar-refractivity contribution < 1.29 is 4.43 Å². The Balaban J connectivity index is 2.99. The van der Waals surface area contributed by atoms with Crippen molar-refractivity contribution in [2.75, 3.05) is 0 Å². The van der Waals surface area contributed by atoms with E-state index in [9.17, 15) is 0 Å². The summed E-state index contributed by atoms with van der Waals surface area (Å²) in [5, 5.41) is 0. The van der Waals surface area contributed by atoms with Crippen LogP contribution in [0.1, 0.15) is 16.7 Å². The van der Waals surface area contributed by atoms with Gasteiger partial charge in [0.15, 0.2) is 0 Å². The molecule has 12 heavy (non-hydrogen) atoms. The minimum atomic E-state index is 0.736. The standard InChI is InChI=1S/C10H14OSi/c1-3-9-5-4-8(2)10(6-9)7-11-12/h3-6H,1,7H2,2,12H3. The van der Waals surface area contributed by atoms with Crippen molar-refractivity contribution >= 4 is 16.6 Å². The first-order chi connectivity index (χ1) is 5.77. The maximum Gasteiger partial charge on any atom is 0.146 e. The summed E-state index contributed by atoms with van der Waals surface area (Å²) >= 11 is 0. The number of aryl methyl sites for hydroxylation is 1. The fourth-order valence-electron chi connectivity index (χ4n) is 1.13. The number of hydrogen-bond acceptors (Lipinski definition) is 1. The molecule has 0 aliphatic carbocycles. The molecule has 0 aromatic heterocycles. The third-order valence-corrected chi connectivity index (χ3v) is 2.20. The molecule has 1 nitrogen and oxygen atoms in total. The van der Waals surface area contributed by atoms with Gasteiger partial charge in [-0.3, -0.25) is 0 Å². The first-order valence-electron chi connectivity index (χ1n) is 3.99. The SMILES string of the molecule is C=Cc1ccc(C)c(CO[SiH3])c1. The highest BCUT2D eigenvalue weighted by molar-refractivity contribution is 5.97. The van der Waals surface area contributed by atoms with Gasteiger partial charge in [-0.25, -0.2) is 0 Å². The lowest BCUT2D eigenvalue weighted by Crippen LogP contribution is -1.92. The van der Waals surface area contributed by atoms with Crippen molar-refractivity contribution in [3.63, 3.8) is 0 Å². The number of hydrogen-bond donors (Lipinski definition) is 0. The van der Waals surface area contributed by atoms with Crippen LogP contribution in [0.25, 0.3) is 6.08 Å². The van der Waals surface area contributed by atoms with Gasteiger partial charge in [0, 0.05) is 0 Å². The highest BCUT2D eigenvalue weighted by Crippen LogP contribution is 2.12. The third-order valence-electron chi connectivity index (χ3n) is 1.91. The minimum absolute atomic E-state index is 0.736. The Labute approximate surface area is 76.6 Å². The van der Waals surface area contributed by atoms with Crippen LogP contribution in [0.4, 0.5) is 0 Å². The lowest BCUT2D eigenvalue weighted by atomic mass is 10.1. The molecule has 0 bridgehead atoms. The van der Waals surface area contributed by atoms with Gasteiger partial charge in [-0.05, 0) is 29.7 Å². The van der Waals surface area contributed by atoms with E-state index >= 15 is 0 Å². The quantitative estimate of drug-likeness (QED) is 0.636. The highest BCUT2D eigenvalue weighted by Gasteiger charge is 1.96. The Hall–Kier alpha value is -0.863. The molecule has 0 saturated heterocycles. The summed E-state index contributed by atoms with van der Waals surface area (Å²) in [6, 6.07) is 6.30. The van der Waals surface area contributed by atoms with Gasteiger partial charge in [0.25, 0.3) is 0 Å². The fraction of sp³-hybridized carbons (Fsp3) is 0.200. The Bertz CT molecular complexity index is 281. The van der Waals surface area contributed by atoms with Crippen LogP contribution < -0.4 is 0 Å². The van der Waals surface area contributed by atoms with Crippen molar-refractivity contribution in [3.8, 4) is 0 Å². The van der Waals surface area contributed by atoms with E-state index in [1.54, 1.807) is 0 Å². The van der Waals surface area contributed by atoms with Gasteiger partial charge in [0.05, 0.1) is 6.61 Å². The molecule has 2 heteroatoms. The Morgan fingerprint density at radius 2 is 2.33 bits per heavy atom. The second-order valence-corrected chi connectivity index (χ2v) is 3.40. The molecule has 0 saturated carbocycles. The molecule has 0 spiro atoms. The molecular formula is C10H14OSi. The topological polar surface area (TPSA) is 9.23 Å². The van der Waals surface area contributed by atoms with Crippen LogP contribution in [0.3, 0.4) is 0 Å². The van der Waals surface area contributed by atoms with Gasteiger partial charge in [-0.15, -0.1) is 0 Å². The zero-order valence-corrected chi connectivity index (χ0v) is 9.63. The van der Waals surface area contributed by atoms with E-state index in [1.807, 2.05) is 6.08 Å². The largest absolute Gasteiger partial charge is 0.424 e. The summed E-state index contributed by atoms with van der Waals surface area (Å²) in [6.07, 6.45) is 1.86. The molecule has 1 aromatic rings. The average molecular weight is 178 g/mol. The summed E-state index contributed by atoms with van der Waals surface area (Å²) in [7, 11) is 0.795. The first kappa shape index (κ1) is 9.23. The number of benzene rings is 1. The zero-order valence-electron chi connectivity index (χ0n) is 7.63. The summed E-state index contributed by atoms with van der Waals surface area (Å²) in [6.45, 7) is 6.57. The van der Waals surface area contributed by atoms with Crippen LogP contribution >= 0.6 is 0 Å². The molecular weight excluding hydrogens is 164 g/mol. The zero-order chi connectivity index (χ0) is 8.97. The Kier molecular flexibility index (Phi) is 3.26. The molecule has 0 atom stereocenters. The van der Waals surface area contributed by atoms with Gasteiger partial charge < -0.3 is 4.43 Å². The van der Waals surface area contributed by atoms with Gasteiger partial charge in [0.2, 0.25) is 0 Å². The summed E-state index contributed by atoms with van der Waals surface area (Å²) in [5.41, 5.74) is 3.72. The molecule has 0 unspecified atom stereocenters. The van der Waals surface area contributed by atoms with E-state index in [0.29, 0.717) is 0 Å². The monoisotopic (exact) mass is 178 g/mol. The van der Waals surface area contributed by atoms with Gasteiger partial charge in [-0.2, -0.15) is 0 Å². The third kappa shape index (κ3) is 2.06. The van der Waals surface area contributed by atoms with Crippen LogP contribution in [-0.2, 0) is 11.0 Å². The van der Waals surface area contributed by atoms with Crippen molar-refractivity contribution in [2.45, 2.75) is 13.5 Å². The molecule has 1 aromatic carbocycles. The van der Waals surface area contributed by atoms with E-state index in [2.05, 4.69) is 31.7 Å². The van der Waals surface area contributed by atoms with E-state index in [4.69, 9.17) is 4.43 Å². The fourth-order valence-corrected chi connectivity index (χ4v) is 1.44. The first-order valence-corrected chi connectivity index (χ1v) is 4.80. The lowest BCUT2D eigenvalue weighted by molar-refractivity contribution is 0.337. The van der Waals surface area contributed by atoms with E-state index in [-0.39, 0.29) is 0 Å². The van der Waals surface area contributed by atoms with Gasteiger partial charge in [-0.1, -0.05) is 24.8 Å². The Morgan fingerprint density at radius 3 is 2.92 bits per heavy atom. The molecule has 1 rings (SSSR count). The maximum atomic E-state index is 5.21. The van der Waals surface area contributed by atoms with E-state index < -0.39 is 0 Å². The summed E-state index contributed by atoms with van der Waals surface area (Å²) < 4.78 is 5.21. The van der Waals surface area contributed by atoms with Crippen LogP contribution in [0.15, 0.2) is 24.8 Å². The summed E-state index contributed by atoms with van der Waals surface area (Å²) in [4.78, 5) is 0. The lowest BCUT2D eigenvalue weighted by Gasteiger charge is -2.05. The smallest absolute Gasteiger partial charge is 0.146 e. The van der Waals surface area contributed by atoms with Crippen molar-refractivity contribution in [3.05, 3.63) is 41.5 Å². The Morgan fingerprint density at radius 1 is 1.58 bits per heavy atom. The predicted octanol–water partition coefficient (Wildman–Crippen LogP) is 1.44. The van der Waals surface area contributed by atoms with Gasteiger partial charge >= 0.3 is 0 Å². The van der Waals surface area contributed by atoms with Crippen LogP contribution in [-0.4, -0.2) is 10.5 Å². The maximum absolute atomic E-state index is 5.21. The van der Waals surface area contributed by atoms with Crippen molar-refractivity contribution in [1.82, 2.24) is 0 Å². The molecule has 0 N–H and O–H groups in total. The molecule has 0 aliphatic heterocycles. The van der Waals surface area contributed by atoms with Crippen LogP contribution in [0.5, 0.6) is 0 Å².